The Morgan fingerprint density at radius 2 is 1.48 bits per heavy atom. The third-order valence-electron chi connectivity index (χ3n) is 3.48. The molecule has 0 bridgehead atoms. The molecular formula is C17H12Br2FN. The van der Waals surface area contributed by atoms with Gasteiger partial charge in [-0.15, -0.1) is 0 Å². The number of hydrogen-bond donors (Lipinski definition) is 1. The van der Waals surface area contributed by atoms with Gasteiger partial charge >= 0.3 is 0 Å². The summed E-state index contributed by atoms with van der Waals surface area (Å²) >= 11 is 6.94. The van der Waals surface area contributed by atoms with E-state index in [0.717, 1.165) is 25.5 Å². The number of rotatable bonds is 2. The van der Waals surface area contributed by atoms with Crippen molar-refractivity contribution in [1.29, 1.82) is 0 Å². The lowest BCUT2D eigenvalue weighted by Crippen LogP contribution is -2.12. The summed E-state index contributed by atoms with van der Waals surface area (Å²) in [4.78, 5) is 0. The molecule has 3 aromatic carbocycles. The lowest BCUT2D eigenvalue weighted by molar-refractivity contribution is 0.639. The Balaban J connectivity index is 2.18. The van der Waals surface area contributed by atoms with Crippen molar-refractivity contribution in [3.8, 4) is 0 Å². The topological polar surface area (TPSA) is 26.0 Å². The van der Waals surface area contributed by atoms with Gasteiger partial charge in [0.05, 0.1) is 6.04 Å². The minimum absolute atomic E-state index is 0.225. The highest BCUT2D eigenvalue weighted by Gasteiger charge is 2.14. The van der Waals surface area contributed by atoms with Crippen molar-refractivity contribution in [3.63, 3.8) is 0 Å². The van der Waals surface area contributed by atoms with E-state index in [1.807, 2.05) is 36.4 Å². The number of halogens is 3. The molecule has 2 N–H and O–H groups in total. The predicted molar refractivity (Wildman–Crippen MR) is 91.8 cm³/mol. The Kier molecular flexibility index (Phi) is 4.11. The highest BCUT2D eigenvalue weighted by atomic mass is 79.9. The molecule has 0 aliphatic rings. The Morgan fingerprint density at radius 3 is 2.14 bits per heavy atom. The van der Waals surface area contributed by atoms with E-state index < -0.39 is 0 Å². The van der Waals surface area contributed by atoms with Crippen LogP contribution in [0.4, 0.5) is 4.39 Å². The molecule has 21 heavy (non-hydrogen) atoms. The third kappa shape index (κ3) is 2.89. The largest absolute Gasteiger partial charge is 0.320 e. The molecule has 4 heteroatoms. The Morgan fingerprint density at radius 1 is 0.857 bits per heavy atom. The first-order valence-electron chi connectivity index (χ1n) is 6.45. The lowest BCUT2D eigenvalue weighted by atomic mass is 9.94. The van der Waals surface area contributed by atoms with Crippen LogP contribution in [0.1, 0.15) is 17.2 Å². The number of hydrogen-bond acceptors (Lipinski definition) is 1. The maximum absolute atomic E-state index is 13.9. The molecule has 0 radical (unpaired) electrons. The molecule has 0 aliphatic heterocycles. The van der Waals surface area contributed by atoms with E-state index in [4.69, 9.17) is 5.73 Å². The van der Waals surface area contributed by atoms with E-state index in [2.05, 4.69) is 31.9 Å². The van der Waals surface area contributed by atoms with E-state index in [1.165, 1.54) is 6.07 Å². The molecule has 0 amide bonds. The first-order valence-corrected chi connectivity index (χ1v) is 8.03. The van der Waals surface area contributed by atoms with Crippen LogP contribution in [0, 0.1) is 5.82 Å². The lowest BCUT2D eigenvalue weighted by Gasteiger charge is -2.16. The van der Waals surface area contributed by atoms with E-state index in [0.29, 0.717) is 5.39 Å². The monoisotopic (exact) mass is 407 g/mol. The molecule has 0 fully saturated rings. The zero-order chi connectivity index (χ0) is 15.0. The van der Waals surface area contributed by atoms with Gasteiger partial charge in [0.15, 0.2) is 0 Å². The van der Waals surface area contributed by atoms with Gasteiger partial charge in [0.2, 0.25) is 0 Å². The first kappa shape index (κ1) is 14.7. The van der Waals surface area contributed by atoms with Crippen molar-refractivity contribution in [3.05, 3.63) is 80.5 Å². The van der Waals surface area contributed by atoms with Crippen molar-refractivity contribution in [2.45, 2.75) is 6.04 Å². The average Bonchev–Trinajstić information content (AvgIpc) is 2.46. The number of benzene rings is 3. The summed E-state index contributed by atoms with van der Waals surface area (Å²) in [6, 6.07) is 16.2. The molecule has 3 aromatic rings. The fraction of sp³-hybridized carbons (Fsp3) is 0.0588. The van der Waals surface area contributed by atoms with Gasteiger partial charge in [0, 0.05) is 14.3 Å². The molecule has 0 saturated heterocycles. The molecule has 0 aliphatic carbocycles. The summed E-state index contributed by atoms with van der Waals surface area (Å²) in [5.41, 5.74) is 8.29. The summed E-state index contributed by atoms with van der Waals surface area (Å²) in [7, 11) is 0. The fourth-order valence-electron chi connectivity index (χ4n) is 2.49. The van der Waals surface area contributed by atoms with E-state index in [-0.39, 0.29) is 11.9 Å². The summed E-state index contributed by atoms with van der Waals surface area (Å²) in [6.45, 7) is 0. The molecule has 3 rings (SSSR count). The van der Waals surface area contributed by atoms with Crippen LogP contribution in [0.15, 0.2) is 63.5 Å². The average molecular weight is 409 g/mol. The molecule has 0 heterocycles. The van der Waals surface area contributed by atoms with Crippen molar-refractivity contribution in [1.82, 2.24) is 0 Å². The maximum Gasteiger partial charge on any atom is 0.131 e. The van der Waals surface area contributed by atoms with Crippen LogP contribution in [0.5, 0.6) is 0 Å². The molecule has 0 saturated carbocycles. The second kappa shape index (κ2) is 5.87. The molecule has 1 nitrogen and oxygen atoms in total. The molecule has 0 aromatic heterocycles. The highest BCUT2D eigenvalue weighted by Crippen LogP contribution is 2.31. The van der Waals surface area contributed by atoms with Gasteiger partial charge in [0.25, 0.3) is 0 Å². The van der Waals surface area contributed by atoms with Crippen LogP contribution >= 0.6 is 31.9 Å². The van der Waals surface area contributed by atoms with Gasteiger partial charge in [-0.05, 0) is 40.8 Å². The maximum atomic E-state index is 13.9. The molecule has 0 spiro atoms. The second-order valence-corrected chi connectivity index (χ2v) is 6.69. The Hall–Kier alpha value is -1.23. The minimum Gasteiger partial charge on any atom is -0.320 e. The molecular weight excluding hydrogens is 397 g/mol. The molecule has 106 valence electrons. The smallest absolute Gasteiger partial charge is 0.131 e. The van der Waals surface area contributed by atoms with Crippen LogP contribution in [0.3, 0.4) is 0 Å². The Bertz CT molecular complexity index is 797. The quantitative estimate of drug-likeness (QED) is 0.590. The zero-order valence-electron chi connectivity index (χ0n) is 11.0. The highest BCUT2D eigenvalue weighted by molar-refractivity contribution is 9.11. The number of fused-ring (bicyclic) bond motifs is 1. The summed E-state index contributed by atoms with van der Waals surface area (Å²) < 4.78 is 15.8. The van der Waals surface area contributed by atoms with Gasteiger partial charge in [0.1, 0.15) is 5.82 Å². The first-order chi connectivity index (χ1) is 10.1. The zero-order valence-corrected chi connectivity index (χ0v) is 14.2. The summed E-state index contributed by atoms with van der Waals surface area (Å²) in [6.07, 6.45) is 0. The van der Waals surface area contributed by atoms with Crippen LogP contribution in [0.25, 0.3) is 10.8 Å². The van der Waals surface area contributed by atoms with E-state index in [1.54, 1.807) is 12.1 Å². The third-order valence-corrected chi connectivity index (χ3v) is 4.40. The van der Waals surface area contributed by atoms with Crippen LogP contribution in [-0.2, 0) is 0 Å². The van der Waals surface area contributed by atoms with Gasteiger partial charge in [-0.2, -0.15) is 0 Å². The minimum atomic E-state index is -0.315. The molecule has 1 unspecified atom stereocenters. The standard InChI is InChI=1S/C17H12Br2FN/c18-11-7-10(8-12(19)9-11)17(21)15-5-6-16(20)14-4-2-1-3-13(14)15/h1-9,17H,21H2. The van der Waals surface area contributed by atoms with Crippen molar-refractivity contribution < 1.29 is 4.39 Å². The van der Waals surface area contributed by atoms with E-state index in [9.17, 15) is 4.39 Å². The summed E-state index contributed by atoms with van der Waals surface area (Å²) in [5, 5.41) is 1.45. The van der Waals surface area contributed by atoms with Gasteiger partial charge < -0.3 is 5.73 Å². The van der Waals surface area contributed by atoms with Crippen LogP contribution in [0.2, 0.25) is 0 Å². The van der Waals surface area contributed by atoms with E-state index >= 15 is 0 Å². The SMILES string of the molecule is NC(c1cc(Br)cc(Br)c1)c1ccc(F)c2ccccc12. The van der Waals surface area contributed by atoms with Crippen molar-refractivity contribution >= 4 is 42.6 Å². The fourth-order valence-corrected chi connectivity index (χ4v) is 3.82. The molecule has 1 atom stereocenters. The van der Waals surface area contributed by atoms with Crippen molar-refractivity contribution in [2.75, 3.05) is 0 Å². The van der Waals surface area contributed by atoms with Gasteiger partial charge in [-0.1, -0.05) is 62.2 Å². The Labute approximate surface area is 139 Å². The van der Waals surface area contributed by atoms with Gasteiger partial charge in [-0.3, -0.25) is 0 Å². The number of nitrogens with two attached hydrogens (primary N) is 1. The second-order valence-electron chi connectivity index (χ2n) is 4.86. The normalized spacial score (nSPS) is 12.6. The van der Waals surface area contributed by atoms with Crippen molar-refractivity contribution in [2.24, 2.45) is 5.73 Å². The summed E-state index contributed by atoms with van der Waals surface area (Å²) in [5.74, 6) is -0.225. The van der Waals surface area contributed by atoms with Crippen LogP contribution in [-0.4, -0.2) is 0 Å². The van der Waals surface area contributed by atoms with Gasteiger partial charge in [-0.25, -0.2) is 4.39 Å². The van der Waals surface area contributed by atoms with Crippen LogP contribution < -0.4 is 5.73 Å². The predicted octanol–water partition coefficient (Wildman–Crippen LogP) is 5.55.